The van der Waals surface area contributed by atoms with Gasteiger partial charge in [-0.15, -0.1) is 0 Å². The highest BCUT2D eigenvalue weighted by Crippen LogP contribution is 2.31. The molecule has 5 rings (SSSR count). The monoisotopic (exact) mass is 712 g/mol. The van der Waals surface area contributed by atoms with Gasteiger partial charge in [0.25, 0.3) is 5.56 Å². The summed E-state index contributed by atoms with van der Waals surface area (Å²) in [5.41, 5.74) is 2.24. The second-order valence-electron chi connectivity index (χ2n) is 11.0. The van der Waals surface area contributed by atoms with Crippen LogP contribution in [0.15, 0.2) is 70.7 Å². The van der Waals surface area contributed by atoms with Gasteiger partial charge >= 0.3 is 0 Å². The van der Waals surface area contributed by atoms with E-state index in [0.29, 0.717) is 18.1 Å². The first-order chi connectivity index (χ1) is 23.1. The first-order valence-electron chi connectivity index (χ1n) is 15.0. The number of hydrogen-bond acceptors (Lipinski definition) is 10. The van der Waals surface area contributed by atoms with Gasteiger partial charge in [0.2, 0.25) is 5.88 Å². The van der Waals surface area contributed by atoms with Crippen molar-refractivity contribution in [3.8, 4) is 17.4 Å². The Balaban J connectivity index is 1.39. The van der Waals surface area contributed by atoms with Gasteiger partial charge in [0, 0.05) is 36.9 Å². The average molecular weight is 714 g/mol. The summed E-state index contributed by atoms with van der Waals surface area (Å²) >= 11 is 13.7. The number of ether oxygens (including phenoxy) is 3. The number of fused-ring (bicyclic) bond motifs is 1. The van der Waals surface area contributed by atoms with Gasteiger partial charge < -0.3 is 29.4 Å². The summed E-state index contributed by atoms with van der Waals surface area (Å²) in [5.74, 6) is 1.32. The lowest BCUT2D eigenvalue weighted by Crippen LogP contribution is -2.35. The number of nitrogens with zero attached hydrogens (tertiary/aromatic N) is 4. The van der Waals surface area contributed by atoms with Crippen molar-refractivity contribution >= 4 is 51.7 Å². The zero-order valence-corrected chi connectivity index (χ0v) is 29.3. The predicted molar refractivity (Wildman–Crippen MR) is 189 cm³/mol. The van der Waals surface area contributed by atoms with Crippen LogP contribution in [0.4, 0.5) is 10.2 Å². The van der Waals surface area contributed by atoms with E-state index in [1.807, 2.05) is 68.4 Å². The lowest BCUT2D eigenvalue weighted by atomic mass is 10.1. The van der Waals surface area contributed by atoms with Gasteiger partial charge in [-0.25, -0.2) is 14.4 Å². The Morgan fingerprint density at radius 3 is 2.15 bits per heavy atom. The number of pyridine rings is 2. The third-order valence-corrected chi connectivity index (χ3v) is 8.63. The third kappa shape index (κ3) is 8.30. The molecule has 48 heavy (non-hydrogen) atoms. The van der Waals surface area contributed by atoms with Gasteiger partial charge in [0.15, 0.2) is 16.1 Å². The number of aromatic nitrogens is 4. The summed E-state index contributed by atoms with van der Waals surface area (Å²) in [6.45, 7) is 5.14. The van der Waals surface area contributed by atoms with Crippen LogP contribution in [-0.4, -0.2) is 53.1 Å². The fourth-order valence-corrected chi connectivity index (χ4v) is 5.92. The number of methoxy groups -OCH3 is 2. The minimum atomic E-state index is -0.880. The van der Waals surface area contributed by atoms with Crippen molar-refractivity contribution in [2.75, 3.05) is 32.0 Å². The number of aromatic amines is 1. The van der Waals surface area contributed by atoms with Crippen molar-refractivity contribution in [2.24, 2.45) is 0 Å². The van der Waals surface area contributed by atoms with Crippen LogP contribution < -0.4 is 30.0 Å². The number of hydrogen-bond donors (Lipinski definition) is 2. The molecule has 0 saturated heterocycles. The summed E-state index contributed by atoms with van der Waals surface area (Å²) in [6.07, 6.45) is 3.35. The van der Waals surface area contributed by atoms with Crippen LogP contribution in [0.25, 0.3) is 10.9 Å². The molecule has 5 aromatic rings. The van der Waals surface area contributed by atoms with Crippen LogP contribution in [0.2, 0.25) is 10.2 Å². The topological polar surface area (TPSA) is 114 Å². The zero-order valence-electron chi connectivity index (χ0n) is 27.0. The van der Waals surface area contributed by atoms with Gasteiger partial charge in [-0.3, -0.25) is 4.79 Å². The standard InChI is InChI=1S/C34H35Cl2FN6O4S/c1-19(18-47-33-27-29(28(37)30(36)41-33)40-34(48-5)42-32(27)44)39-20(2)26-14-23(35)15-38-31(26)43(16-21-6-10-24(45-3)11-7-21)17-22-8-12-25(46-4)13-9-22/h6-15,19-20,39H,16-18H2,1-5H3,(H,40,42,44)/t19-,20?/m0/s1. The Bertz CT molecular complexity index is 1880. The minimum Gasteiger partial charge on any atom is -0.497 e. The van der Waals surface area contributed by atoms with Crippen molar-refractivity contribution in [2.45, 2.75) is 44.2 Å². The van der Waals surface area contributed by atoms with E-state index in [9.17, 15) is 9.18 Å². The Morgan fingerprint density at radius 2 is 1.58 bits per heavy atom. The highest BCUT2D eigenvalue weighted by atomic mass is 35.5. The van der Waals surface area contributed by atoms with Gasteiger partial charge in [-0.05, 0) is 61.6 Å². The molecule has 0 bridgehead atoms. The minimum absolute atomic E-state index is 0.0862. The van der Waals surface area contributed by atoms with Gasteiger partial charge in [-0.1, -0.05) is 59.2 Å². The van der Waals surface area contributed by atoms with E-state index in [0.717, 1.165) is 34.0 Å². The first-order valence-corrected chi connectivity index (χ1v) is 17.0. The SMILES string of the molecule is COc1ccc(CN(Cc2ccc(OC)cc2)c2ncc(Cl)cc2C(C)N[C@@H](C)COc2nc(Cl)c(F)c3nc(SC)[nH]c(=O)c23)cc1. The average Bonchev–Trinajstić information content (AvgIpc) is 3.09. The number of anilines is 1. The summed E-state index contributed by atoms with van der Waals surface area (Å²) in [5, 5.41) is 3.74. The molecule has 3 aromatic heterocycles. The fourth-order valence-electron chi connectivity index (χ4n) is 5.21. The van der Waals surface area contributed by atoms with Gasteiger partial charge in [0.1, 0.15) is 34.8 Å². The molecule has 0 aliphatic rings. The molecular weight excluding hydrogens is 678 g/mol. The molecule has 0 radical (unpaired) electrons. The van der Waals surface area contributed by atoms with Gasteiger partial charge in [-0.2, -0.15) is 4.98 Å². The Kier molecular flexibility index (Phi) is 11.6. The van der Waals surface area contributed by atoms with E-state index in [2.05, 4.69) is 25.2 Å². The second-order valence-corrected chi connectivity index (χ2v) is 12.6. The van der Waals surface area contributed by atoms with Crippen molar-refractivity contribution in [3.63, 3.8) is 0 Å². The maximum absolute atomic E-state index is 14.8. The molecule has 1 unspecified atom stereocenters. The molecular formula is C34H35Cl2FN6O4S. The summed E-state index contributed by atoms with van der Waals surface area (Å²) < 4.78 is 31.4. The van der Waals surface area contributed by atoms with E-state index in [1.165, 1.54) is 11.8 Å². The highest BCUT2D eigenvalue weighted by molar-refractivity contribution is 7.98. The van der Waals surface area contributed by atoms with E-state index in [-0.39, 0.29) is 40.6 Å². The normalized spacial score (nSPS) is 12.5. The number of H-pyrrole nitrogens is 1. The van der Waals surface area contributed by atoms with Crippen LogP contribution >= 0.6 is 35.0 Å². The third-order valence-electron chi connectivity index (χ3n) is 7.59. The van der Waals surface area contributed by atoms with E-state index in [4.69, 9.17) is 42.4 Å². The molecule has 0 saturated carbocycles. The van der Waals surface area contributed by atoms with Crippen LogP contribution in [-0.2, 0) is 13.1 Å². The number of benzene rings is 2. The smallest absolute Gasteiger partial charge is 0.265 e. The molecule has 252 valence electrons. The van der Waals surface area contributed by atoms with Crippen molar-refractivity contribution in [3.05, 3.63) is 104 Å². The van der Waals surface area contributed by atoms with Crippen LogP contribution in [0.5, 0.6) is 17.4 Å². The molecule has 0 fully saturated rings. The largest absolute Gasteiger partial charge is 0.497 e. The molecule has 14 heteroatoms. The zero-order chi connectivity index (χ0) is 34.4. The van der Waals surface area contributed by atoms with E-state index < -0.39 is 16.5 Å². The molecule has 0 aliphatic heterocycles. The maximum Gasteiger partial charge on any atom is 0.265 e. The number of nitrogens with one attached hydrogen (secondary N) is 2. The van der Waals surface area contributed by atoms with Crippen LogP contribution in [0.1, 0.15) is 36.6 Å². The number of rotatable bonds is 14. The molecule has 10 nitrogen and oxygen atoms in total. The van der Waals surface area contributed by atoms with Crippen molar-refractivity contribution < 1.29 is 18.6 Å². The fraction of sp³-hybridized carbons (Fsp3) is 0.294. The molecule has 0 amide bonds. The Morgan fingerprint density at radius 1 is 0.979 bits per heavy atom. The van der Waals surface area contributed by atoms with Crippen molar-refractivity contribution in [1.82, 2.24) is 25.3 Å². The van der Waals surface area contributed by atoms with Crippen LogP contribution in [0, 0.1) is 5.82 Å². The molecule has 0 aliphatic carbocycles. The maximum atomic E-state index is 14.8. The van der Waals surface area contributed by atoms with Crippen LogP contribution in [0.3, 0.4) is 0 Å². The summed E-state index contributed by atoms with van der Waals surface area (Å²) in [7, 11) is 3.28. The Labute approximate surface area is 292 Å². The van der Waals surface area contributed by atoms with E-state index in [1.54, 1.807) is 26.7 Å². The Hall–Kier alpha value is -4.10. The van der Waals surface area contributed by atoms with Crippen molar-refractivity contribution in [1.29, 1.82) is 0 Å². The molecule has 0 spiro atoms. The summed E-state index contributed by atoms with van der Waals surface area (Å²) in [4.78, 5) is 30.6. The van der Waals surface area contributed by atoms with E-state index >= 15 is 0 Å². The summed E-state index contributed by atoms with van der Waals surface area (Å²) in [6, 6.07) is 17.2. The quantitative estimate of drug-likeness (QED) is 0.0695. The number of thioether (sulfide) groups is 1. The van der Waals surface area contributed by atoms with Gasteiger partial charge in [0.05, 0.1) is 19.2 Å². The molecule has 2 atom stereocenters. The molecule has 2 N–H and O–H groups in total. The lowest BCUT2D eigenvalue weighted by Gasteiger charge is -2.29. The number of halogens is 3. The molecule has 2 aromatic carbocycles. The second kappa shape index (κ2) is 15.9. The molecule has 3 heterocycles. The lowest BCUT2D eigenvalue weighted by molar-refractivity contribution is 0.258. The highest BCUT2D eigenvalue weighted by Gasteiger charge is 2.23. The first kappa shape index (κ1) is 35.2. The predicted octanol–water partition coefficient (Wildman–Crippen LogP) is 7.22.